The van der Waals surface area contributed by atoms with Crippen LogP contribution in [0.5, 0.6) is 0 Å². The predicted molar refractivity (Wildman–Crippen MR) is 93.2 cm³/mol. The highest BCUT2D eigenvalue weighted by atomic mass is 16.3. The van der Waals surface area contributed by atoms with Crippen LogP contribution in [0.25, 0.3) is 0 Å². The number of aromatic nitrogens is 1. The zero-order valence-corrected chi connectivity index (χ0v) is 13.7. The van der Waals surface area contributed by atoms with Gasteiger partial charge in [-0.15, -0.1) is 0 Å². The van der Waals surface area contributed by atoms with Gasteiger partial charge in [0.15, 0.2) is 0 Å². The molecule has 0 unspecified atom stereocenters. The van der Waals surface area contributed by atoms with E-state index in [1.807, 2.05) is 25.1 Å². The number of anilines is 1. The van der Waals surface area contributed by atoms with Crippen LogP contribution in [-0.2, 0) is 6.54 Å². The zero-order valence-electron chi connectivity index (χ0n) is 13.7. The molecule has 0 radical (unpaired) electrons. The van der Waals surface area contributed by atoms with Crippen LogP contribution in [0.4, 0.5) is 5.69 Å². The Kier molecular flexibility index (Phi) is 4.89. The molecule has 0 spiro atoms. The Balaban J connectivity index is 1.67. The van der Waals surface area contributed by atoms with Gasteiger partial charge in [-0.05, 0) is 48.9 Å². The number of carbonyl (C=O) groups is 2. The molecule has 2 heterocycles. The number of hydrogen-bond donors (Lipinski definition) is 2. The van der Waals surface area contributed by atoms with Gasteiger partial charge in [0.2, 0.25) is 0 Å². The van der Waals surface area contributed by atoms with E-state index < -0.39 is 0 Å². The molecule has 0 aliphatic heterocycles. The van der Waals surface area contributed by atoms with Gasteiger partial charge in [-0.1, -0.05) is 12.1 Å². The molecule has 2 aromatic heterocycles. The summed E-state index contributed by atoms with van der Waals surface area (Å²) in [5, 5.41) is 5.50. The topological polar surface area (TPSA) is 84.2 Å². The van der Waals surface area contributed by atoms with Crippen molar-refractivity contribution in [3.05, 3.63) is 83.6 Å². The molecule has 0 fully saturated rings. The van der Waals surface area contributed by atoms with Gasteiger partial charge in [-0.25, -0.2) is 0 Å². The van der Waals surface area contributed by atoms with Gasteiger partial charge >= 0.3 is 0 Å². The third kappa shape index (κ3) is 4.32. The maximum Gasteiger partial charge on any atom is 0.274 e. The minimum atomic E-state index is -0.369. The van der Waals surface area contributed by atoms with Crippen molar-refractivity contribution in [3.8, 4) is 0 Å². The second-order valence-electron chi connectivity index (χ2n) is 5.52. The van der Waals surface area contributed by atoms with Gasteiger partial charge in [0, 0.05) is 17.4 Å². The minimum Gasteiger partial charge on any atom is -0.467 e. The summed E-state index contributed by atoms with van der Waals surface area (Å²) in [4.78, 5) is 28.6. The van der Waals surface area contributed by atoms with Crippen molar-refractivity contribution in [2.45, 2.75) is 13.5 Å². The lowest BCUT2D eigenvalue weighted by molar-refractivity contribution is 0.0948. The van der Waals surface area contributed by atoms with Gasteiger partial charge in [0.25, 0.3) is 11.8 Å². The molecule has 0 aliphatic carbocycles. The number of furan rings is 1. The number of carbonyl (C=O) groups excluding carboxylic acids is 2. The standard InChI is InChI=1S/C19H17N3O3/c1-13-4-2-5-15(10-13)22-19(24)17-11-14(7-8-20-17)18(23)21-12-16-6-3-9-25-16/h2-11H,12H2,1H3,(H,21,23)(H,22,24). The Labute approximate surface area is 144 Å². The highest BCUT2D eigenvalue weighted by Crippen LogP contribution is 2.11. The van der Waals surface area contributed by atoms with Crippen molar-refractivity contribution in [1.29, 1.82) is 0 Å². The van der Waals surface area contributed by atoms with Gasteiger partial charge in [0.05, 0.1) is 12.8 Å². The third-order valence-electron chi connectivity index (χ3n) is 3.53. The summed E-state index contributed by atoms with van der Waals surface area (Å²) in [6, 6.07) is 14.0. The summed E-state index contributed by atoms with van der Waals surface area (Å²) in [6.45, 7) is 2.22. The van der Waals surface area contributed by atoms with Gasteiger partial charge in [0.1, 0.15) is 11.5 Å². The molecule has 2 N–H and O–H groups in total. The Morgan fingerprint density at radius 3 is 2.72 bits per heavy atom. The van der Waals surface area contributed by atoms with Crippen molar-refractivity contribution in [2.24, 2.45) is 0 Å². The van der Waals surface area contributed by atoms with E-state index in [4.69, 9.17) is 4.42 Å². The van der Waals surface area contributed by atoms with Crippen molar-refractivity contribution < 1.29 is 14.0 Å². The van der Waals surface area contributed by atoms with E-state index in [9.17, 15) is 9.59 Å². The number of nitrogens with one attached hydrogen (secondary N) is 2. The number of nitrogens with zero attached hydrogens (tertiary/aromatic N) is 1. The predicted octanol–water partition coefficient (Wildman–Crippen LogP) is 3.17. The Morgan fingerprint density at radius 2 is 1.96 bits per heavy atom. The number of aryl methyl sites for hydroxylation is 1. The van der Waals surface area contributed by atoms with Crippen molar-refractivity contribution in [3.63, 3.8) is 0 Å². The molecule has 6 heteroatoms. The molecular weight excluding hydrogens is 318 g/mol. The maximum atomic E-state index is 12.3. The molecule has 1 aromatic carbocycles. The average Bonchev–Trinajstić information content (AvgIpc) is 3.13. The molecule has 0 bridgehead atoms. The van der Waals surface area contributed by atoms with Gasteiger partial charge < -0.3 is 15.1 Å². The Morgan fingerprint density at radius 1 is 1.08 bits per heavy atom. The molecule has 25 heavy (non-hydrogen) atoms. The SMILES string of the molecule is Cc1cccc(NC(=O)c2cc(C(=O)NCc3ccco3)ccn2)c1. The molecule has 6 nitrogen and oxygen atoms in total. The first-order valence-corrected chi connectivity index (χ1v) is 7.76. The fourth-order valence-corrected chi connectivity index (χ4v) is 2.30. The minimum absolute atomic E-state index is 0.173. The maximum absolute atomic E-state index is 12.3. The highest BCUT2D eigenvalue weighted by molar-refractivity contribution is 6.04. The monoisotopic (exact) mass is 335 g/mol. The average molecular weight is 335 g/mol. The molecule has 3 rings (SSSR count). The van der Waals surface area contributed by atoms with Crippen molar-refractivity contribution in [1.82, 2.24) is 10.3 Å². The summed E-state index contributed by atoms with van der Waals surface area (Å²) in [6.07, 6.45) is 2.98. The first kappa shape index (κ1) is 16.4. The first-order valence-electron chi connectivity index (χ1n) is 7.76. The lowest BCUT2D eigenvalue weighted by Crippen LogP contribution is -2.23. The number of hydrogen-bond acceptors (Lipinski definition) is 4. The van der Waals surface area contributed by atoms with Crippen LogP contribution in [0.2, 0.25) is 0 Å². The molecule has 126 valence electrons. The fourth-order valence-electron chi connectivity index (χ4n) is 2.30. The van der Waals surface area contributed by atoms with Crippen LogP contribution in [0.3, 0.4) is 0 Å². The van der Waals surface area contributed by atoms with E-state index in [1.54, 1.807) is 30.5 Å². The summed E-state index contributed by atoms with van der Waals surface area (Å²) in [5.41, 5.74) is 2.25. The second kappa shape index (κ2) is 7.44. The summed E-state index contributed by atoms with van der Waals surface area (Å²) in [7, 11) is 0. The summed E-state index contributed by atoms with van der Waals surface area (Å²) in [5.74, 6) is -0.0190. The van der Waals surface area contributed by atoms with E-state index in [1.165, 1.54) is 12.3 Å². The smallest absolute Gasteiger partial charge is 0.274 e. The molecule has 3 aromatic rings. The quantitative estimate of drug-likeness (QED) is 0.750. The largest absolute Gasteiger partial charge is 0.467 e. The zero-order chi connectivity index (χ0) is 17.6. The van der Waals surface area contributed by atoms with Crippen molar-refractivity contribution in [2.75, 3.05) is 5.32 Å². The second-order valence-corrected chi connectivity index (χ2v) is 5.52. The molecular formula is C19H17N3O3. The molecule has 0 aliphatic rings. The van der Waals surface area contributed by atoms with E-state index in [0.717, 1.165) is 5.56 Å². The van der Waals surface area contributed by atoms with Crippen LogP contribution < -0.4 is 10.6 Å². The number of benzene rings is 1. The molecule has 0 atom stereocenters. The van der Waals surface area contributed by atoms with Crippen LogP contribution in [0, 0.1) is 6.92 Å². The molecule has 0 saturated heterocycles. The van der Waals surface area contributed by atoms with E-state index in [-0.39, 0.29) is 24.1 Å². The Hall–Kier alpha value is -3.41. The molecule has 2 amide bonds. The third-order valence-corrected chi connectivity index (χ3v) is 3.53. The first-order chi connectivity index (χ1) is 12.1. The fraction of sp³-hybridized carbons (Fsp3) is 0.105. The van der Waals surface area contributed by atoms with E-state index in [2.05, 4.69) is 15.6 Å². The highest BCUT2D eigenvalue weighted by Gasteiger charge is 2.12. The number of rotatable bonds is 5. The van der Waals surface area contributed by atoms with Crippen LogP contribution in [-0.4, -0.2) is 16.8 Å². The van der Waals surface area contributed by atoms with Gasteiger partial charge in [-0.2, -0.15) is 0 Å². The van der Waals surface area contributed by atoms with Crippen LogP contribution in [0.15, 0.2) is 65.4 Å². The van der Waals surface area contributed by atoms with Crippen molar-refractivity contribution >= 4 is 17.5 Å². The summed E-state index contributed by atoms with van der Waals surface area (Å²) >= 11 is 0. The van der Waals surface area contributed by atoms with Gasteiger partial charge in [-0.3, -0.25) is 14.6 Å². The summed E-state index contributed by atoms with van der Waals surface area (Å²) < 4.78 is 5.17. The lowest BCUT2D eigenvalue weighted by Gasteiger charge is -2.07. The van der Waals surface area contributed by atoms with Crippen LogP contribution >= 0.6 is 0 Å². The molecule has 0 saturated carbocycles. The number of pyridine rings is 1. The Bertz CT molecular complexity index is 888. The number of amides is 2. The van der Waals surface area contributed by atoms with E-state index in [0.29, 0.717) is 17.0 Å². The lowest BCUT2D eigenvalue weighted by atomic mass is 10.2. The van der Waals surface area contributed by atoms with E-state index >= 15 is 0 Å². The van der Waals surface area contributed by atoms with Crippen LogP contribution in [0.1, 0.15) is 32.2 Å². The normalized spacial score (nSPS) is 10.3.